The minimum absolute atomic E-state index is 0.0518. The predicted molar refractivity (Wildman–Crippen MR) is 131 cm³/mol. The molecular formula is C23H15N3O4S3. The SMILES string of the molecule is O=C1/C(=C/c2ccccc2Oc2ccccc2)SC(=S)N1NC1=NS(=O)(=O)c2ccccc21. The first-order valence-corrected chi connectivity index (χ1v) is 12.4. The fraction of sp³-hybridized carbons (Fsp3) is 0. The molecule has 0 saturated carbocycles. The molecule has 0 bridgehead atoms. The van der Waals surface area contributed by atoms with Gasteiger partial charge in [0.2, 0.25) is 0 Å². The maximum Gasteiger partial charge on any atom is 0.285 e. The van der Waals surface area contributed by atoms with Gasteiger partial charge in [-0.3, -0.25) is 10.2 Å². The maximum absolute atomic E-state index is 13.1. The van der Waals surface area contributed by atoms with Gasteiger partial charge < -0.3 is 4.74 Å². The van der Waals surface area contributed by atoms with Crippen LogP contribution in [-0.4, -0.2) is 29.5 Å². The van der Waals surface area contributed by atoms with Gasteiger partial charge in [-0.05, 0) is 48.6 Å². The average molecular weight is 494 g/mol. The van der Waals surface area contributed by atoms with E-state index in [1.807, 2.05) is 54.6 Å². The number of amidine groups is 1. The number of hydrogen-bond acceptors (Lipinski definition) is 7. The summed E-state index contributed by atoms with van der Waals surface area (Å²) >= 11 is 6.47. The largest absolute Gasteiger partial charge is 0.457 e. The number of ether oxygens (including phenoxy) is 1. The minimum atomic E-state index is -3.82. The van der Waals surface area contributed by atoms with Crippen molar-refractivity contribution in [1.82, 2.24) is 10.4 Å². The number of nitrogens with one attached hydrogen (secondary N) is 1. The van der Waals surface area contributed by atoms with E-state index in [4.69, 9.17) is 17.0 Å². The van der Waals surface area contributed by atoms with E-state index in [1.54, 1.807) is 24.3 Å². The molecule has 0 aromatic heterocycles. The van der Waals surface area contributed by atoms with Gasteiger partial charge in [-0.25, -0.2) is 0 Å². The van der Waals surface area contributed by atoms with Crippen molar-refractivity contribution < 1.29 is 17.9 Å². The number of sulfonamides is 1. The summed E-state index contributed by atoms with van der Waals surface area (Å²) in [6.07, 6.45) is 1.69. The van der Waals surface area contributed by atoms with E-state index in [0.717, 1.165) is 16.8 Å². The molecule has 1 N–H and O–H groups in total. The van der Waals surface area contributed by atoms with Gasteiger partial charge in [-0.2, -0.15) is 13.4 Å². The number of hydrogen-bond donors (Lipinski definition) is 1. The van der Waals surface area contributed by atoms with Crippen LogP contribution in [0.2, 0.25) is 0 Å². The number of thioether (sulfide) groups is 1. The average Bonchev–Trinajstić information content (AvgIpc) is 3.23. The van der Waals surface area contributed by atoms with Crippen molar-refractivity contribution in [1.29, 1.82) is 0 Å². The van der Waals surface area contributed by atoms with E-state index in [2.05, 4.69) is 9.82 Å². The molecular weight excluding hydrogens is 478 g/mol. The number of para-hydroxylation sites is 2. The maximum atomic E-state index is 13.1. The first-order valence-electron chi connectivity index (χ1n) is 9.73. The molecule has 10 heteroatoms. The van der Waals surface area contributed by atoms with Crippen molar-refractivity contribution in [2.24, 2.45) is 4.40 Å². The molecule has 1 amide bonds. The highest BCUT2D eigenvalue weighted by Gasteiger charge is 2.36. The number of thiocarbonyl (C=S) groups is 1. The summed E-state index contributed by atoms with van der Waals surface area (Å²) in [6.45, 7) is 0. The van der Waals surface area contributed by atoms with Gasteiger partial charge in [0.25, 0.3) is 15.9 Å². The van der Waals surface area contributed by atoms with Crippen molar-refractivity contribution in [3.05, 3.63) is 94.9 Å². The van der Waals surface area contributed by atoms with Crippen LogP contribution in [0.3, 0.4) is 0 Å². The number of benzene rings is 3. The quantitative estimate of drug-likeness (QED) is 0.427. The minimum Gasteiger partial charge on any atom is -0.457 e. The Morgan fingerprint density at radius 1 is 0.970 bits per heavy atom. The van der Waals surface area contributed by atoms with Crippen molar-refractivity contribution in [3.8, 4) is 11.5 Å². The van der Waals surface area contributed by atoms with Crippen LogP contribution in [0.4, 0.5) is 0 Å². The molecule has 0 atom stereocenters. The fourth-order valence-corrected chi connectivity index (χ4v) is 5.65. The molecule has 33 heavy (non-hydrogen) atoms. The molecule has 1 fully saturated rings. The van der Waals surface area contributed by atoms with Crippen molar-refractivity contribution in [2.45, 2.75) is 4.90 Å². The Kier molecular flexibility index (Phi) is 5.49. The Morgan fingerprint density at radius 2 is 1.67 bits per heavy atom. The fourth-order valence-electron chi connectivity index (χ4n) is 3.31. The summed E-state index contributed by atoms with van der Waals surface area (Å²) in [6, 6.07) is 23.1. The Labute approximate surface area is 199 Å². The number of fused-ring (bicyclic) bond motifs is 1. The van der Waals surface area contributed by atoms with Crippen LogP contribution in [-0.2, 0) is 14.8 Å². The second-order valence-corrected chi connectivity index (χ2v) is 10.2. The number of nitrogens with zero attached hydrogens (tertiary/aromatic N) is 2. The van der Waals surface area contributed by atoms with Gasteiger partial charge in [0, 0.05) is 11.1 Å². The van der Waals surface area contributed by atoms with E-state index in [9.17, 15) is 13.2 Å². The molecule has 3 aromatic carbocycles. The van der Waals surface area contributed by atoms with Crippen LogP contribution in [0.25, 0.3) is 6.08 Å². The molecule has 2 heterocycles. The molecule has 0 spiro atoms. The standard InChI is InChI=1S/C23H15N3O4S3/c27-22-19(14-15-8-4-6-12-18(15)30-16-9-2-1-3-10-16)32-23(31)26(22)24-21-17-11-5-7-13-20(17)33(28,29)25-21/h1-14H,(H,24,25)/b19-14-. The lowest BCUT2D eigenvalue weighted by Crippen LogP contribution is -2.44. The Morgan fingerprint density at radius 3 is 2.48 bits per heavy atom. The van der Waals surface area contributed by atoms with Crippen molar-refractivity contribution in [2.75, 3.05) is 0 Å². The van der Waals surface area contributed by atoms with Crippen LogP contribution in [0.15, 0.2) is 93.1 Å². The van der Waals surface area contributed by atoms with E-state index < -0.39 is 15.9 Å². The summed E-state index contributed by atoms with van der Waals surface area (Å²) in [7, 11) is -3.82. The predicted octanol–water partition coefficient (Wildman–Crippen LogP) is 4.33. The molecule has 7 nitrogen and oxygen atoms in total. The van der Waals surface area contributed by atoms with Crippen LogP contribution in [0, 0.1) is 0 Å². The number of carbonyl (C=O) groups is 1. The zero-order valence-electron chi connectivity index (χ0n) is 16.8. The number of rotatable bonds is 4. The van der Waals surface area contributed by atoms with Crippen molar-refractivity contribution >= 4 is 56.1 Å². The lowest BCUT2D eigenvalue weighted by atomic mass is 10.2. The van der Waals surface area contributed by atoms with Crippen LogP contribution in [0.1, 0.15) is 11.1 Å². The highest BCUT2D eigenvalue weighted by molar-refractivity contribution is 8.26. The van der Waals surface area contributed by atoms with Gasteiger partial charge in [0.1, 0.15) is 16.4 Å². The van der Waals surface area contributed by atoms with E-state index in [0.29, 0.717) is 27.5 Å². The Bertz CT molecular complexity index is 1450. The molecule has 0 radical (unpaired) electrons. The van der Waals surface area contributed by atoms with E-state index >= 15 is 0 Å². The Hall–Kier alpha value is -3.47. The zero-order chi connectivity index (χ0) is 23.0. The molecule has 3 aromatic rings. The highest BCUT2D eigenvalue weighted by atomic mass is 32.2. The highest BCUT2D eigenvalue weighted by Crippen LogP contribution is 2.35. The third-order valence-corrected chi connectivity index (χ3v) is 7.46. The number of carbonyl (C=O) groups excluding carboxylic acids is 1. The first kappa shape index (κ1) is 21.4. The smallest absolute Gasteiger partial charge is 0.285 e. The third kappa shape index (κ3) is 4.15. The lowest BCUT2D eigenvalue weighted by Gasteiger charge is -2.16. The van der Waals surface area contributed by atoms with Crippen molar-refractivity contribution in [3.63, 3.8) is 0 Å². The van der Waals surface area contributed by atoms with E-state index in [1.165, 1.54) is 6.07 Å². The normalized spacial score (nSPS) is 17.8. The molecule has 164 valence electrons. The monoisotopic (exact) mass is 493 g/mol. The summed E-state index contributed by atoms with van der Waals surface area (Å²) in [5.41, 5.74) is 3.87. The van der Waals surface area contributed by atoms with Gasteiger partial charge in [-0.15, -0.1) is 4.40 Å². The third-order valence-electron chi connectivity index (χ3n) is 4.82. The van der Waals surface area contributed by atoms with E-state index in [-0.39, 0.29) is 15.1 Å². The van der Waals surface area contributed by atoms with Crippen LogP contribution < -0.4 is 10.2 Å². The molecule has 2 aliphatic heterocycles. The molecule has 2 aliphatic rings. The Balaban J connectivity index is 1.41. The summed E-state index contributed by atoms with van der Waals surface area (Å²) in [5.74, 6) is 0.897. The second-order valence-electron chi connectivity index (χ2n) is 6.99. The first-order chi connectivity index (χ1) is 15.9. The number of hydrazine groups is 1. The topological polar surface area (TPSA) is 88.1 Å². The molecule has 1 saturated heterocycles. The second kappa shape index (κ2) is 8.47. The van der Waals surface area contributed by atoms with Crippen LogP contribution in [0.5, 0.6) is 11.5 Å². The lowest BCUT2D eigenvalue weighted by molar-refractivity contribution is -0.123. The van der Waals surface area contributed by atoms with Gasteiger partial charge >= 0.3 is 0 Å². The summed E-state index contributed by atoms with van der Waals surface area (Å²) < 4.78 is 34.6. The molecule has 0 unspecified atom stereocenters. The molecule has 5 rings (SSSR count). The van der Waals surface area contributed by atoms with Gasteiger partial charge in [0.15, 0.2) is 10.2 Å². The summed E-state index contributed by atoms with van der Waals surface area (Å²) in [5, 5.41) is 1.13. The van der Waals surface area contributed by atoms with Gasteiger partial charge in [-0.1, -0.05) is 60.3 Å². The number of amides is 1. The zero-order valence-corrected chi connectivity index (χ0v) is 19.3. The molecule has 0 aliphatic carbocycles. The van der Waals surface area contributed by atoms with Gasteiger partial charge in [0.05, 0.1) is 4.91 Å². The van der Waals surface area contributed by atoms with Crippen LogP contribution >= 0.6 is 24.0 Å². The summed E-state index contributed by atoms with van der Waals surface area (Å²) in [4.78, 5) is 13.5.